The molecule has 0 aromatic heterocycles. The molecule has 0 atom stereocenters. The maximum atomic E-state index is 3.38. The summed E-state index contributed by atoms with van der Waals surface area (Å²) < 4.78 is 0. The second kappa shape index (κ2) is 9.00. The zero-order valence-corrected chi connectivity index (χ0v) is 11.3. The summed E-state index contributed by atoms with van der Waals surface area (Å²) in [4.78, 5) is 2.54. The molecule has 1 fully saturated rings. The van der Waals surface area contributed by atoms with Gasteiger partial charge in [0.05, 0.1) is 0 Å². The third-order valence-corrected chi connectivity index (χ3v) is 3.69. The average Bonchev–Trinajstić information content (AvgIpc) is 2.30. The Hall–Kier alpha value is -0.0800. The highest BCUT2D eigenvalue weighted by Gasteiger charge is 2.14. The molecule has 1 rings (SSSR count). The first-order valence-corrected chi connectivity index (χ1v) is 7.22. The van der Waals surface area contributed by atoms with E-state index in [-0.39, 0.29) is 0 Å². The lowest BCUT2D eigenvalue weighted by Gasteiger charge is -2.26. The lowest BCUT2D eigenvalue weighted by molar-refractivity contribution is 0.230. The van der Waals surface area contributed by atoms with Gasteiger partial charge in [0.1, 0.15) is 0 Å². The van der Waals surface area contributed by atoms with Crippen molar-refractivity contribution in [3.8, 4) is 0 Å². The quantitative estimate of drug-likeness (QED) is 0.640. The molecule has 0 aromatic carbocycles. The van der Waals surface area contributed by atoms with Crippen molar-refractivity contribution in [2.75, 3.05) is 33.2 Å². The van der Waals surface area contributed by atoms with Crippen molar-refractivity contribution in [3.63, 3.8) is 0 Å². The van der Waals surface area contributed by atoms with Crippen molar-refractivity contribution in [1.29, 1.82) is 0 Å². The van der Waals surface area contributed by atoms with E-state index in [4.69, 9.17) is 0 Å². The standard InChI is InChI=1S/C14H30N2/c1-3-15-11-7-8-12-16(2)13-14-9-5-4-6-10-14/h14-15H,3-13H2,1-2H3. The van der Waals surface area contributed by atoms with Gasteiger partial charge in [-0.15, -0.1) is 0 Å². The topological polar surface area (TPSA) is 15.3 Å². The van der Waals surface area contributed by atoms with E-state index in [1.165, 1.54) is 64.6 Å². The molecule has 0 aromatic rings. The zero-order chi connectivity index (χ0) is 11.6. The van der Waals surface area contributed by atoms with E-state index < -0.39 is 0 Å². The second-order valence-electron chi connectivity index (χ2n) is 5.33. The second-order valence-corrected chi connectivity index (χ2v) is 5.33. The maximum Gasteiger partial charge on any atom is 0.000661 e. The van der Waals surface area contributed by atoms with Crippen LogP contribution in [0.4, 0.5) is 0 Å². The molecule has 96 valence electrons. The van der Waals surface area contributed by atoms with Crippen molar-refractivity contribution in [1.82, 2.24) is 10.2 Å². The molecule has 0 spiro atoms. The summed E-state index contributed by atoms with van der Waals surface area (Å²) in [6.07, 6.45) is 10.0. The minimum Gasteiger partial charge on any atom is -0.317 e. The van der Waals surface area contributed by atoms with Gasteiger partial charge in [-0.3, -0.25) is 0 Å². The molecular formula is C14H30N2. The van der Waals surface area contributed by atoms with Crippen molar-refractivity contribution < 1.29 is 0 Å². The Morgan fingerprint density at radius 1 is 1.12 bits per heavy atom. The molecular weight excluding hydrogens is 196 g/mol. The molecule has 1 aliphatic rings. The molecule has 1 N–H and O–H groups in total. The van der Waals surface area contributed by atoms with Gasteiger partial charge in [0.2, 0.25) is 0 Å². The van der Waals surface area contributed by atoms with Crippen LogP contribution < -0.4 is 5.32 Å². The molecule has 16 heavy (non-hydrogen) atoms. The summed E-state index contributed by atoms with van der Waals surface area (Å²) in [5.41, 5.74) is 0. The van der Waals surface area contributed by atoms with Crippen LogP contribution in [0.25, 0.3) is 0 Å². The largest absolute Gasteiger partial charge is 0.317 e. The van der Waals surface area contributed by atoms with Gasteiger partial charge in [-0.25, -0.2) is 0 Å². The molecule has 0 unspecified atom stereocenters. The Morgan fingerprint density at radius 2 is 1.88 bits per heavy atom. The SMILES string of the molecule is CCNCCCCN(C)CC1CCCCC1. The van der Waals surface area contributed by atoms with E-state index in [9.17, 15) is 0 Å². The van der Waals surface area contributed by atoms with Gasteiger partial charge in [0.25, 0.3) is 0 Å². The van der Waals surface area contributed by atoms with Crippen molar-refractivity contribution >= 4 is 0 Å². The van der Waals surface area contributed by atoms with Crippen LogP contribution in [0.15, 0.2) is 0 Å². The van der Waals surface area contributed by atoms with E-state index in [1.807, 2.05) is 0 Å². The molecule has 2 heteroatoms. The number of nitrogens with one attached hydrogen (secondary N) is 1. The van der Waals surface area contributed by atoms with Gasteiger partial charge in [0.15, 0.2) is 0 Å². The first-order chi connectivity index (χ1) is 7.83. The van der Waals surface area contributed by atoms with E-state index >= 15 is 0 Å². The highest BCUT2D eigenvalue weighted by Crippen LogP contribution is 2.24. The predicted molar refractivity (Wildman–Crippen MR) is 71.8 cm³/mol. The zero-order valence-electron chi connectivity index (χ0n) is 11.3. The Bertz CT molecular complexity index is 153. The Morgan fingerprint density at radius 3 is 2.56 bits per heavy atom. The van der Waals surface area contributed by atoms with Gasteiger partial charge < -0.3 is 10.2 Å². The predicted octanol–water partition coefficient (Wildman–Crippen LogP) is 2.89. The third kappa shape index (κ3) is 6.49. The summed E-state index contributed by atoms with van der Waals surface area (Å²) in [5, 5.41) is 3.38. The normalized spacial score (nSPS) is 18.2. The van der Waals surface area contributed by atoms with Crippen LogP contribution >= 0.6 is 0 Å². The molecule has 0 radical (unpaired) electrons. The minimum absolute atomic E-state index is 0.993. The highest BCUT2D eigenvalue weighted by atomic mass is 15.1. The smallest absolute Gasteiger partial charge is 0.000661 e. The third-order valence-electron chi connectivity index (χ3n) is 3.69. The van der Waals surface area contributed by atoms with Crippen LogP contribution in [-0.4, -0.2) is 38.1 Å². The van der Waals surface area contributed by atoms with E-state index in [2.05, 4.69) is 24.2 Å². The van der Waals surface area contributed by atoms with Crippen LogP contribution in [0.2, 0.25) is 0 Å². The number of unbranched alkanes of at least 4 members (excludes halogenated alkanes) is 1. The van der Waals surface area contributed by atoms with Crippen molar-refractivity contribution in [2.45, 2.75) is 51.9 Å². The van der Waals surface area contributed by atoms with Crippen LogP contribution in [0.1, 0.15) is 51.9 Å². The Labute approximate surface area is 102 Å². The number of hydrogen-bond acceptors (Lipinski definition) is 2. The number of rotatable bonds is 8. The van der Waals surface area contributed by atoms with Gasteiger partial charge in [-0.05, 0) is 58.3 Å². The first kappa shape index (κ1) is 14.0. The van der Waals surface area contributed by atoms with E-state index in [1.54, 1.807) is 0 Å². The fourth-order valence-electron chi connectivity index (χ4n) is 2.71. The molecule has 1 aliphatic carbocycles. The summed E-state index contributed by atoms with van der Waals surface area (Å²) in [6, 6.07) is 0. The van der Waals surface area contributed by atoms with Crippen LogP contribution in [-0.2, 0) is 0 Å². The van der Waals surface area contributed by atoms with Gasteiger partial charge in [-0.1, -0.05) is 26.2 Å². The van der Waals surface area contributed by atoms with Gasteiger partial charge in [-0.2, -0.15) is 0 Å². The van der Waals surface area contributed by atoms with E-state index in [0.29, 0.717) is 0 Å². The summed E-state index contributed by atoms with van der Waals surface area (Å²) in [5.74, 6) is 0.993. The molecule has 0 amide bonds. The van der Waals surface area contributed by atoms with Crippen molar-refractivity contribution in [3.05, 3.63) is 0 Å². The summed E-state index contributed by atoms with van der Waals surface area (Å²) in [7, 11) is 2.29. The van der Waals surface area contributed by atoms with Gasteiger partial charge in [0, 0.05) is 6.54 Å². The van der Waals surface area contributed by atoms with Crippen LogP contribution in [0.5, 0.6) is 0 Å². The highest BCUT2D eigenvalue weighted by molar-refractivity contribution is 4.68. The lowest BCUT2D eigenvalue weighted by atomic mass is 9.89. The molecule has 0 bridgehead atoms. The number of nitrogens with zero attached hydrogens (tertiary/aromatic N) is 1. The van der Waals surface area contributed by atoms with Crippen LogP contribution in [0.3, 0.4) is 0 Å². The first-order valence-electron chi connectivity index (χ1n) is 7.22. The molecule has 0 aliphatic heterocycles. The molecule has 0 saturated heterocycles. The fourth-order valence-corrected chi connectivity index (χ4v) is 2.71. The monoisotopic (exact) mass is 226 g/mol. The van der Waals surface area contributed by atoms with Crippen LogP contribution in [0, 0.1) is 5.92 Å². The molecule has 0 heterocycles. The number of hydrogen-bond donors (Lipinski definition) is 1. The molecule has 2 nitrogen and oxygen atoms in total. The summed E-state index contributed by atoms with van der Waals surface area (Å²) in [6.45, 7) is 7.09. The summed E-state index contributed by atoms with van der Waals surface area (Å²) >= 11 is 0. The Balaban J connectivity index is 1.95. The van der Waals surface area contributed by atoms with Gasteiger partial charge >= 0.3 is 0 Å². The van der Waals surface area contributed by atoms with Crippen molar-refractivity contribution in [2.24, 2.45) is 5.92 Å². The maximum absolute atomic E-state index is 3.38. The fraction of sp³-hybridized carbons (Fsp3) is 1.00. The minimum atomic E-state index is 0.993. The lowest BCUT2D eigenvalue weighted by Crippen LogP contribution is -2.28. The van der Waals surface area contributed by atoms with E-state index in [0.717, 1.165) is 12.5 Å². The molecule has 1 saturated carbocycles. The average molecular weight is 226 g/mol. The Kier molecular flexibility index (Phi) is 7.87.